The van der Waals surface area contributed by atoms with E-state index in [1.165, 1.54) is 11.3 Å². The van der Waals surface area contributed by atoms with Crippen LogP contribution in [0, 0.1) is 5.41 Å². The van der Waals surface area contributed by atoms with Gasteiger partial charge in [-0.05, 0) is 59.2 Å². The van der Waals surface area contributed by atoms with Crippen molar-refractivity contribution >= 4 is 37.3 Å². The van der Waals surface area contributed by atoms with Crippen molar-refractivity contribution in [2.75, 3.05) is 0 Å². The van der Waals surface area contributed by atoms with Gasteiger partial charge >= 0.3 is 0 Å². The summed E-state index contributed by atoms with van der Waals surface area (Å²) in [6.07, 6.45) is 4.01. The predicted molar refractivity (Wildman–Crippen MR) is 78.4 cm³/mol. The molecule has 102 valence electrons. The van der Waals surface area contributed by atoms with Crippen LogP contribution in [-0.2, 0) is 10.0 Å². The molecule has 2 rings (SSSR count). The summed E-state index contributed by atoms with van der Waals surface area (Å²) in [5.41, 5.74) is 0.355. The molecule has 18 heavy (non-hydrogen) atoms. The fourth-order valence-electron chi connectivity index (χ4n) is 2.24. The van der Waals surface area contributed by atoms with Gasteiger partial charge in [-0.2, -0.15) is 0 Å². The topological polar surface area (TPSA) is 46.2 Å². The molecule has 3 nitrogen and oxygen atoms in total. The first-order chi connectivity index (χ1) is 8.28. The van der Waals surface area contributed by atoms with E-state index in [0.717, 1.165) is 29.5 Å². The Bertz CT molecular complexity index is 512. The van der Waals surface area contributed by atoms with Crippen LogP contribution in [0.15, 0.2) is 20.1 Å². The number of nitrogens with one attached hydrogen (secondary N) is 1. The van der Waals surface area contributed by atoms with Crippen LogP contribution < -0.4 is 4.72 Å². The third-order valence-corrected chi connectivity index (χ3v) is 7.11. The summed E-state index contributed by atoms with van der Waals surface area (Å²) in [6, 6.07) is 3.50. The Labute approximate surface area is 121 Å². The molecule has 0 aliphatic heterocycles. The highest BCUT2D eigenvalue weighted by molar-refractivity contribution is 9.11. The van der Waals surface area contributed by atoms with Crippen molar-refractivity contribution in [2.45, 2.75) is 49.8 Å². The molecular weight excluding hydrogens is 334 g/mol. The Balaban J connectivity index is 2.02. The number of halogens is 1. The van der Waals surface area contributed by atoms with Crippen molar-refractivity contribution in [1.29, 1.82) is 0 Å². The van der Waals surface area contributed by atoms with Crippen LogP contribution in [-0.4, -0.2) is 14.5 Å². The molecule has 1 N–H and O–H groups in total. The molecule has 0 aromatic carbocycles. The normalized spacial score (nSPS) is 21.1. The van der Waals surface area contributed by atoms with Crippen LogP contribution in [0.1, 0.15) is 39.5 Å². The molecule has 1 aliphatic rings. The molecule has 1 heterocycles. The van der Waals surface area contributed by atoms with Crippen LogP contribution in [0.5, 0.6) is 0 Å². The Morgan fingerprint density at radius 2 is 1.94 bits per heavy atom. The van der Waals surface area contributed by atoms with Crippen molar-refractivity contribution in [3.05, 3.63) is 15.9 Å². The fraction of sp³-hybridized carbons (Fsp3) is 0.667. The number of thiophene rings is 1. The molecule has 0 bridgehead atoms. The van der Waals surface area contributed by atoms with Crippen LogP contribution in [0.4, 0.5) is 0 Å². The SMILES string of the molecule is CC1(C)CCC(NS(=O)(=O)c2ccc(Br)s2)CC1. The summed E-state index contributed by atoms with van der Waals surface area (Å²) >= 11 is 4.54. The Hall–Kier alpha value is 0.0900. The molecule has 1 saturated carbocycles. The molecule has 0 atom stereocenters. The maximum atomic E-state index is 12.2. The zero-order chi connectivity index (χ0) is 13.4. The predicted octanol–water partition coefficient (Wildman–Crippen LogP) is 3.76. The second kappa shape index (κ2) is 5.23. The lowest BCUT2D eigenvalue weighted by atomic mass is 9.76. The number of hydrogen-bond acceptors (Lipinski definition) is 3. The lowest BCUT2D eigenvalue weighted by Gasteiger charge is -2.34. The zero-order valence-electron chi connectivity index (χ0n) is 10.6. The lowest BCUT2D eigenvalue weighted by Crippen LogP contribution is -2.38. The monoisotopic (exact) mass is 351 g/mol. The summed E-state index contributed by atoms with van der Waals surface area (Å²) in [4.78, 5) is 0. The molecule has 0 saturated heterocycles. The van der Waals surface area contributed by atoms with E-state index in [1.54, 1.807) is 12.1 Å². The van der Waals surface area contributed by atoms with Gasteiger partial charge in [0, 0.05) is 6.04 Å². The smallest absolute Gasteiger partial charge is 0.207 e. The van der Waals surface area contributed by atoms with Gasteiger partial charge in [-0.25, -0.2) is 13.1 Å². The van der Waals surface area contributed by atoms with Gasteiger partial charge in [-0.15, -0.1) is 11.3 Å². The van der Waals surface area contributed by atoms with Gasteiger partial charge in [0.2, 0.25) is 10.0 Å². The van der Waals surface area contributed by atoms with Crippen LogP contribution in [0.3, 0.4) is 0 Å². The number of sulfonamides is 1. The minimum Gasteiger partial charge on any atom is -0.207 e. The van der Waals surface area contributed by atoms with Crippen LogP contribution >= 0.6 is 27.3 Å². The van der Waals surface area contributed by atoms with Gasteiger partial charge in [0.1, 0.15) is 4.21 Å². The average Bonchev–Trinajstić information content (AvgIpc) is 2.69. The highest BCUT2D eigenvalue weighted by Gasteiger charge is 2.29. The van der Waals surface area contributed by atoms with E-state index in [9.17, 15) is 8.42 Å². The van der Waals surface area contributed by atoms with Gasteiger partial charge in [-0.3, -0.25) is 0 Å². The quantitative estimate of drug-likeness (QED) is 0.900. The molecule has 1 aromatic heterocycles. The summed E-state index contributed by atoms with van der Waals surface area (Å²) in [5, 5.41) is 0. The average molecular weight is 352 g/mol. The standard InChI is InChI=1S/C12H18BrNO2S2/c1-12(2)7-5-9(6-8-12)14-18(15,16)11-4-3-10(13)17-11/h3-4,9,14H,5-8H2,1-2H3. The van der Waals surface area contributed by atoms with E-state index in [-0.39, 0.29) is 6.04 Å². The Morgan fingerprint density at radius 1 is 1.33 bits per heavy atom. The molecule has 0 radical (unpaired) electrons. The van der Waals surface area contributed by atoms with Crippen molar-refractivity contribution in [3.63, 3.8) is 0 Å². The molecule has 1 aromatic rings. The molecule has 1 aliphatic carbocycles. The summed E-state index contributed by atoms with van der Waals surface area (Å²) in [7, 11) is -3.34. The van der Waals surface area contributed by atoms with Gasteiger partial charge in [-0.1, -0.05) is 13.8 Å². The molecule has 0 unspecified atom stereocenters. The number of rotatable bonds is 3. The van der Waals surface area contributed by atoms with Crippen LogP contribution in [0.25, 0.3) is 0 Å². The molecule has 0 spiro atoms. The Kier molecular flexibility index (Phi) is 4.21. The number of hydrogen-bond donors (Lipinski definition) is 1. The van der Waals surface area contributed by atoms with Gasteiger partial charge in [0.25, 0.3) is 0 Å². The third kappa shape index (κ3) is 3.56. The largest absolute Gasteiger partial charge is 0.250 e. The minimum atomic E-state index is -3.34. The second-order valence-electron chi connectivity index (χ2n) is 5.62. The second-order valence-corrected chi connectivity index (χ2v) is 10.0. The first-order valence-corrected chi connectivity index (χ1v) is 9.15. The van der Waals surface area contributed by atoms with E-state index in [0.29, 0.717) is 9.62 Å². The first kappa shape index (κ1) is 14.5. The maximum Gasteiger partial charge on any atom is 0.250 e. The van der Waals surface area contributed by atoms with E-state index in [1.807, 2.05) is 0 Å². The van der Waals surface area contributed by atoms with Crippen molar-refractivity contribution in [3.8, 4) is 0 Å². The van der Waals surface area contributed by atoms with Gasteiger partial charge in [0.05, 0.1) is 3.79 Å². The molecule has 6 heteroatoms. The Morgan fingerprint density at radius 3 is 2.44 bits per heavy atom. The third-order valence-electron chi connectivity index (χ3n) is 3.47. The molecule has 1 fully saturated rings. The molecule has 0 amide bonds. The first-order valence-electron chi connectivity index (χ1n) is 6.06. The summed E-state index contributed by atoms with van der Waals surface area (Å²) in [6.45, 7) is 4.49. The lowest BCUT2D eigenvalue weighted by molar-refractivity contribution is 0.218. The van der Waals surface area contributed by atoms with Gasteiger partial charge < -0.3 is 0 Å². The van der Waals surface area contributed by atoms with E-state index in [2.05, 4.69) is 34.5 Å². The van der Waals surface area contributed by atoms with Crippen molar-refractivity contribution in [1.82, 2.24) is 4.72 Å². The van der Waals surface area contributed by atoms with E-state index in [4.69, 9.17) is 0 Å². The minimum absolute atomic E-state index is 0.0869. The highest BCUT2D eigenvalue weighted by atomic mass is 79.9. The van der Waals surface area contributed by atoms with E-state index >= 15 is 0 Å². The fourth-order valence-corrected chi connectivity index (χ4v) is 5.57. The zero-order valence-corrected chi connectivity index (χ0v) is 13.8. The van der Waals surface area contributed by atoms with Crippen molar-refractivity contribution in [2.24, 2.45) is 5.41 Å². The van der Waals surface area contributed by atoms with Crippen LogP contribution in [0.2, 0.25) is 0 Å². The van der Waals surface area contributed by atoms with E-state index < -0.39 is 10.0 Å². The van der Waals surface area contributed by atoms with Crippen molar-refractivity contribution < 1.29 is 8.42 Å². The summed E-state index contributed by atoms with van der Waals surface area (Å²) in [5.74, 6) is 0. The highest BCUT2D eigenvalue weighted by Crippen LogP contribution is 2.35. The van der Waals surface area contributed by atoms with Gasteiger partial charge in [0.15, 0.2) is 0 Å². The maximum absolute atomic E-state index is 12.2. The summed E-state index contributed by atoms with van der Waals surface area (Å²) < 4.78 is 28.4. The molecular formula is C12H18BrNO2S2.